The third kappa shape index (κ3) is 3.84. The molecule has 4 aliphatic carbocycles. The number of hydrogen-bond donors (Lipinski definition) is 0. The highest BCUT2D eigenvalue weighted by atomic mass is 16.7. The monoisotopic (exact) mass is 530 g/mol. The maximum Gasteiger partial charge on any atom is 0.303 e. The summed E-state index contributed by atoms with van der Waals surface area (Å²) in [5.74, 6) is 1.46. The predicted molar refractivity (Wildman–Crippen MR) is 139 cm³/mol. The van der Waals surface area contributed by atoms with Gasteiger partial charge in [-0.3, -0.25) is 14.4 Å². The van der Waals surface area contributed by atoms with E-state index in [1.807, 2.05) is 0 Å². The van der Waals surface area contributed by atoms with Crippen LogP contribution in [0.5, 0.6) is 0 Å². The Morgan fingerprint density at radius 1 is 0.921 bits per heavy atom. The molecule has 2 heterocycles. The average molecular weight is 531 g/mol. The molecule has 1 spiro atoms. The van der Waals surface area contributed by atoms with E-state index >= 15 is 0 Å². The van der Waals surface area contributed by atoms with Gasteiger partial charge in [-0.2, -0.15) is 0 Å². The second-order valence-electron chi connectivity index (χ2n) is 14.4. The van der Waals surface area contributed by atoms with Gasteiger partial charge in [0.25, 0.3) is 0 Å². The van der Waals surface area contributed by atoms with E-state index in [1.54, 1.807) is 0 Å². The van der Waals surface area contributed by atoms with Crippen molar-refractivity contribution in [2.45, 2.75) is 117 Å². The zero-order valence-electron chi connectivity index (χ0n) is 24.0. The van der Waals surface area contributed by atoms with E-state index in [2.05, 4.69) is 27.7 Å². The lowest BCUT2D eigenvalue weighted by molar-refractivity contribution is -0.273. The topological polar surface area (TPSA) is 88.1 Å². The molecule has 2 saturated heterocycles. The molecule has 13 atom stereocenters. The van der Waals surface area contributed by atoms with Crippen LogP contribution in [0, 0.1) is 52.3 Å². The van der Waals surface area contributed by atoms with Gasteiger partial charge in [0.15, 0.2) is 5.79 Å². The molecule has 0 aromatic carbocycles. The first-order valence-electron chi connectivity index (χ1n) is 15.1. The third-order valence-electron chi connectivity index (χ3n) is 12.3. The second kappa shape index (κ2) is 9.02. The largest absolute Gasteiger partial charge is 0.459 e. The summed E-state index contributed by atoms with van der Waals surface area (Å²) in [6.07, 6.45) is 6.09. The maximum absolute atomic E-state index is 13.8. The molecule has 0 radical (unpaired) electrons. The van der Waals surface area contributed by atoms with Gasteiger partial charge < -0.3 is 18.9 Å². The van der Waals surface area contributed by atoms with Crippen LogP contribution in [0.15, 0.2) is 0 Å². The van der Waals surface area contributed by atoms with Crippen LogP contribution in [0.3, 0.4) is 0 Å². The summed E-state index contributed by atoms with van der Waals surface area (Å²) < 4.78 is 24.6. The van der Waals surface area contributed by atoms with Crippen molar-refractivity contribution in [2.75, 3.05) is 6.61 Å². The summed E-state index contributed by atoms with van der Waals surface area (Å²) in [7, 11) is 0. The van der Waals surface area contributed by atoms with Gasteiger partial charge in [0.1, 0.15) is 18.0 Å². The Kier molecular flexibility index (Phi) is 6.35. The Hall–Kier alpha value is -1.47. The fourth-order valence-electron chi connectivity index (χ4n) is 10.7. The van der Waals surface area contributed by atoms with Gasteiger partial charge in [0, 0.05) is 38.5 Å². The summed E-state index contributed by atoms with van der Waals surface area (Å²) in [6.45, 7) is 12.9. The van der Waals surface area contributed by atoms with E-state index in [1.165, 1.54) is 13.8 Å². The summed E-state index contributed by atoms with van der Waals surface area (Å²) in [5.41, 5.74) is -0.138. The predicted octanol–water partition coefficient (Wildman–Crippen LogP) is 5.09. The minimum atomic E-state index is -0.557. The highest BCUT2D eigenvalue weighted by Crippen LogP contribution is 2.71. The van der Waals surface area contributed by atoms with Crippen molar-refractivity contribution in [3.63, 3.8) is 0 Å². The Morgan fingerprint density at radius 2 is 1.63 bits per heavy atom. The Labute approximate surface area is 227 Å². The SMILES string of the molecule is CC(=O)OC1CC2C(=O)CC3C(CCC4(C)C3CC3OC5(CCC(C)CO5)C(C)C34)C2(C)CC1OC(C)=O. The van der Waals surface area contributed by atoms with E-state index in [0.717, 1.165) is 38.7 Å². The number of carbonyl (C=O) groups is 3. The van der Waals surface area contributed by atoms with Crippen molar-refractivity contribution in [3.05, 3.63) is 0 Å². The fraction of sp³-hybridized carbons (Fsp3) is 0.903. The van der Waals surface area contributed by atoms with Crippen molar-refractivity contribution in [2.24, 2.45) is 52.3 Å². The second-order valence-corrected chi connectivity index (χ2v) is 14.4. The van der Waals surface area contributed by atoms with Gasteiger partial charge in [-0.05, 0) is 78.9 Å². The number of Topliss-reactive ketones (excluding diaryl/α,β-unsaturated/α-hetero) is 1. The van der Waals surface area contributed by atoms with Crippen molar-refractivity contribution in [1.29, 1.82) is 0 Å². The molecule has 7 nitrogen and oxygen atoms in total. The molecular weight excluding hydrogens is 484 g/mol. The molecule has 0 amide bonds. The summed E-state index contributed by atoms with van der Waals surface area (Å²) in [6, 6.07) is 0. The van der Waals surface area contributed by atoms with Gasteiger partial charge >= 0.3 is 11.9 Å². The number of ether oxygens (including phenoxy) is 4. The van der Waals surface area contributed by atoms with E-state index in [4.69, 9.17) is 18.9 Å². The lowest BCUT2D eigenvalue weighted by Gasteiger charge is -2.61. The van der Waals surface area contributed by atoms with Gasteiger partial charge in [0.2, 0.25) is 0 Å². The van der Waals surface area contributed by atoms with E-state index in [0.29, 0.717) is 60.6 Å². The smallest absolute Gasteiger partial charge is 0.303 e. The van der Waals surface area contributed by atoms with E-state index in [-0.39, 0.29) is 28.8 Å². The lowest BCUT2D eigenvalue weighted by Crippen LogP contribution is -2.60. The van der Waals surface area contributed by atoms with Crippen LogP contribution in [-0.2, 0) is 33.3 Å². The summed E-state index contributed by atoms with van der Waals surface area (Å²) in [4.78, 5) is 37.6. The molecule has 6 rings (SSSR count). The quantitative estimate of drug-likeness (QED) is 0.460. The molecule has 0 N–H and O–H groups in total. The molecule has 7 heteroatoms. The molecule has 13 unspecified atom stereocenters. The van der Waals surface area contributed by atoms with Crippen molar-refractivity contribution >= 4 is 17.7 Å². The molecule has 0 aromatic rings. The molecular formula is C31H46O7. The first kappa shape index (κ1) is 26.7. The molecule has 4 saturated carbocycles. The first-order chi connectivity index (χ1) is 17.9. The summed E-state index contributed by atoms with van der Waals surface area (Å²) in [5, 5.41) is 0. The molecule has 6 aliphatic rings. The van der Waals surface area contributed by atoms with Crippen molar-refractivity contribution in [1.82, 2.24) is 0 Å². The Bertz CT molecular complexity index is 1000. The van der Waals surface area contributed by atoms with Crippen LogP contribution in [0.1, 0.15) is 92.9 Å². The normalized spacial score (nSPS) is 53.5. The van der Waals surface area contributed by atoms with E-state index in [9.17, 15) is 14.4 Å². The lowest BCUT2D eigenvalue weighted by atomic mass is 9.43. The number of hydrogen-bond acceptors (Lipinski definition) is 7. The maximum atomic E-state index is 13.8. The standard InChI is InChI=1S/C31H46O7/c1-16-7-10-31(35-15-16)17(2)28-26(38-31)12-22-20-11-24(34)23-13-25(36-18(3)32)27(37-19(4)33)14-30(23,6)21(20)8-9-29(22,28)5/h16-17,20-23,25-28H,7-15H2,1-6H3. The van der Waals surface area contributed by atoms with Crippen LogP contribution < -0.4 is 0 Å². The van der Waals surface area contributed by atoms with Crippen LogP contribution in [0.25, 0.3) is 0 Å². The number of carbonyl (C=O) groups excluding carboxylic acids is 3. The summed E-state index contributed by atoms with van der Waals surface area (Å²) >= 11 is 0. The minimum Gasteiger partial charge on any atom is -0.459 e. The van der Waals surface area contributed by atoms with Crippen molar-refractivity contribution < 1.29 is 33.3 Å². The van der Waals surface area contributed by atoms with Crippen molar-refractivity contribution in [3.8, 4) is 0 Å². The molecule has 6 fully saturated rings. The number of rotatable bonds is 2. The molecule has 38 heavy (non-hydrogen) atoms. The van der Waals surface area contributed by atoms with Gasteiger partial charge in [-0.1, -0.05) is 27.7 Å². The zero-order chi connectivity index (χ0) is 27.2. The molecule has 0 aromatic heterocycles. The fourth-order valence-corrected chi connectivity index (χ4v) is 10.7. The highest BCUT2D eigenvalue weighted by Gasteiger charge is 2.70. The van der Waals surface area contributed by atoms with Gasteiger partial charge in [-0.25, -0.2) is 0 Å². The average Bonchev–Trinajstić information content (AvgIpc) is 3.27. The van der Waals surface area contributed by atoms with Crippen LogP contribution in [0.4, 0.5) is 0 Å². The minimum absolute atomic E-state index is 0.134. The first-order valence-corrected chi connectivity index (χ1v) is 15.1. The molecule has 2 aliphatic heterocycles. The molecule has 0 bridgehead atoms. The Balaban J connectivity index is 1.26. The third-order valence-corrected chi connectivity index (χ3v) is 12.3. The number of fused-ring (bicyclic) bond motifs is 7. The van der Waals surface area contributed by atoms with Crippen LogP contribution in [-0.4, -0.2) is 48.4 Å². The van der Waals surface area contributed by atoms with Gasteiger partial charge in [-0.15, -0.1) is 0 Å². The van der Waals surface area contributed by atoms with Crippen LogP contribution in [0.2, 0.25) is 0 Å². The number of ketones is 1. The van der Waals surface area contributed by atoms with Crippen LogP contribution >= 0.6 is 0 Å². The zero-order valence-corrected chi connectivity index (χ0v) is 24.0. The van der Waals surface area contributed by atoms with Gasteiger partial charge in [0.05, 0.1) is 12.7 Å². The number of esters is 2. The molecule has 212 valence electrons. The van der Waals surface area contributed by atoms with E-state index < -0.39 is 24.0 Å². The highest BCUT2D eigenvalue weighted by molar-refractivity contribution is 5.83. The Morgan fingerprint density at radius 3 is 2.29 bits per heavy atom.